The van der Waals surface area contributed by atoms with E-state index in [-0.39, 0.29) is 0 Å². The first-order chi connectivity index (χ1) is 7.74. The summed E-state index contributed by atoms with van der Waals surface area (Å²) in [6, 6.07) is 0. The topological polar surface area (TPSA) is 26.3 Å². The molecule has 0 N–H and O–H groups in total. The van der Waals surface area contributed by atoms with E-state index in [1.807, 2.05) is 0 Å². The number of hydrogen-bond donors (Lipinski definition) is 0. The molecule has 0 aromatic carbocycles. The van der Waals surface area contributed by atoms with Crippen LogP contribution in [0.25, 0.3) is 0 Å². The summed E-state index contributed by atoms with van der Waals surface area (Å²) in [5, 5.41) is 0. The monoisotopic (exact) mass is 334 g/mol. The summed E-state index contributed by atoms with van der Waals surface area (Å²) >= 11 is -2.53. The van der Waals surface area contributed by atoms with Crippen LogP contribution in [0.5, 0.6) is 0 Å². The van der Waals surface area contributed by atoms with Gasteiger partial charge in [0, 0.05) is 0 Å². The van der Waals surface area contributed by atoms with Gasteiger partial charge in [-0.3, -0.25) is 0 Å². The Morgan fingerprint density at radius 3 is 1.50 bits per heavy atom. The minimum atomic E-state index is -2.53. The van der Waals surface area contributed by atoms with Gasteiger partial charge in [-0.15, -0.1) is 0 Å². The second-order valence-electron chi connectivity index (χ2n) is 4.71. The van der Waals surface area contributed by atoms with Crippen LogP contribution < -0.4 is 0 Å². The molecule has 0 heterocycles. The average molecular weight is 333 g/mol. The summed E-state index contributed by atoms with van der Waals surface area (Å²) in [7, 11) is 0.747. The molecule has 0 unspecified atom stereocenters. The molecule has 0 rings (SSSR count). The number of rotatable bonds is 11. The Morgan fingerprint density at radius 1 is 0.875 bits per heavy atom. The number of unbranched alkanes of at least 4 members (excludes halogenated alkanes) is 3. The van der Waals surface area contributed by atoms with Gasteiger partial charge in [0.15, 0.2) is 0 Å². The molecule has 4 heteroatoms. The fraction of sp³-hybridized carbons (Fsp3) is 1.00. The van der Waals surface area contributed by atoms with Gasteiger partial charge < -0.3 is 0 Å². The summed E-state index contributed by atoms with van der Waals surface area (Å²) in [6.45, 7) is 6.66. The maximum atomic E-state index is 10.7. The van der Waals surface area contributed by atoms with Crippen molar-refractivity contribution in [2.75, 3.05) is 0 Å². The van der Waals surface area contributed by atoms with Gasteiger partial charge in [0.05, 0.1) is 0 Å². The molecular weight excluding hydrogens is 306 g/mol. The molecular formula is C12H27BO2Sn. The van der Waals surface area contributed by atoms with Crippen LogP contribution in [0.3, 0.4) is 0 Å². The van der Waals surface area contributed by atoms with Crippen LogP contribution in [0.4, 0.5) is 0 Å². The van der Waals surface area contributed by atoms with Crippen LogP contribution >= 0.6 is 0 Å². The summed E-state index contributed by atoms with van der Waals surface area (Å²) in [6.07, 6.45) is 7.41. The predicted molar refractivity (Wildman–Crippen MR) is 72.4 cm³/mol. The van der Waals surface area contributed by atoms with Crippen molar-refractivity contribution in [3.63, 3.8) is 0 Å². The Bertz CT molecular complexity index is 155. The van der Waals surface area contributed by atoms with Crippen molar-refractivity contribution in [3.8, 4) is 0 Å². The van der Waals surface area contributed by atoms with Crippen LogP contribution in [0.2, 0.25) is 13.3 Å². The van der Waals surface area contributed by atoms with Crippen LogP contribution in [-0.2, 0) is 7.70 Å². The van der Waals surface area contributed by atoms with Crippen LogP contribution in [0, 0.1) is 0 Å². The minimum absolute atomic E-state index is 0.747. The van der Waals surface area contributed by atoms with Gasteiger partial charge in [0.25, 0.3) is 0 Å². The van der Waals surface area contributed by atoms with E-state index in [2.05, 4.69) is 20.8 Å². The fourth-order valence-electron chi connectivity index (χ4n) is 2.15. The van der Waals surface area contributed by atoms with E-state index in [1.165, 1.54) is 51.8 Å². The molecule has 0 saturated carbocycles. The van der Waals surface area contributed by atoms with Gasteiger partial charge in [-0.2, -0.15) is 0 Å². The molecule has 0 amide bonds. The molecule has 0 aliphatic carbocycles. The Kier molecular flexibility index (Phi) is 10.9. The molecule has 0 bridgehead atoms. The van der Waals surface area contributed by atoms with Gasteiger partial charge in [-0.25, -0.2) is 0 Å². The SMILES string of the molecule is CCC[CH2][Sn]([CH2]CCC)([CH2]CCC)[O]B=O. The van der Waals surface area contributed by atoms with Gasteiger partial charge in [-0.1, -0.05) is 0 Å². The van der Waals surface area contributed by atoms with E-state index in [0.29, 0.717) is 0 Å². The van der Waals surface area contributed by atoms with Gasteiger partial charge >= 0.3 is 106 Å². The van der Waals surface area contributed by atoms with E-state index >= 15 is 0 Å². The maximum absolute atomic E-state index is 10.7. The average Bonchev–Trinajstić information content (AvgIpc) is 2.31. The van der Waals surface area contributed by atoms with E-state index < -0.39 is 18.8 Å². The van der Waals surface area contributed by atoms with Crippen LogP contribution in [-0.4, -0.2) is 26.1 Å². The predicted octanol–water partition coefficient (Wildman–Crippen LogP) is 4.31. The molecule has 16 heavy (non-hydrogen) atoms. The Morgan fingerprint density at radius 2 is 1.25 bits per heavy atom. The molecule has 0 radical (unpaired) electrons. The van der Waals surface area contributed by atoms with E-state index in [1.54, 1.807) is 0 Å². The third-order valence-corrected chi connectivity index (χ3v) is 15.8. The van der Waals surface area contributed by atoms with Gasteiger partial charge in [0.2, 0.25) is 0 Å². The Hall–Kier alpha value is 0.464. The summed E-state index contributed by atoms with van der Waals surface area (Å²) in [5.74, 6) is 0. The molecule has 0 atom stereocenters. The van der Waals surface area contributed by atoms with Crippen molar-refractivity contribution in [2.24, 2.45) is 0 Å². The number of hydrogen-bond acceptors (Lipinski definition) is 2. The molecule has 0 fully saturated rings. The van der Waals surface area contributed by atoms with E-state index in [4.69, 9.17) is 2.99 Å². The zero-order valence-electron chi connectivity index (χ0n) is 11.3. The zero-order valence-corrected chi connectivity index (χ0v) is 14.1. The molecule has 0 aliphatic heterocycles. The molecule has 2 nitrogen and oxygen atoms in total. The molecule has 0 aromatic heterocycles. The quantitative estimate of drug-likeness (QED) is 0.527. The molecule has 0 spiro atoms. The summed E-state index contributed by atoms with van der Waals surface area (Å²) < 4.78 is 20.1. The first kappa shape index (κ1) is 16.5. The van der Waals surface area contributed by atoms with Crippen molar-refractivity contribution >= 4 is 26.1 Å². The van der Waals surface area contributed by atoms with Crippen molar-refractivity contribution in [1.29, 1.82) is 0 Å². The summed E-state index contributed by atoms with van der Waals surface area (Å²) in [4.78, 5) is 0. The van der Waals surface area contributed by atoms with E-state index in [9.17, 15) is 4.70 Å². The third kappa shape index (κ3) is 6.92. The molecule has 0 saturated heterocycles. The Balaban J connectivity index is 4.37. The normalized spacial score (nSPS) is 11.2. The second kappa shape index (κ2) is 10.6. The zero-order chi connectivity index (χ0) is 12.3. The fourth-order valence-corrected chi connectivity index (χ4v) is 14.4. The van der Waals surface area contributed by atoms with Gasteiger partial charge in [-0.05, 0) is 0 Å². The van der Waals surface area contributed by atoms with Crippen molar-refractivity contribution < 1.29 is 7.70 Å². The van der Waals surface area contributed by atoms with Crippen molar-refractivity contribution in [2.45, 2.75) is 72.6 Å². The third-order valence-electron chi connectivity index (χ3n) is 3.26. The summed E-state index contributed by atoms with van der Waals surface area (Å²) in [5.41, 5.74) is 0. The van der Waals surface area contributed by atoms with Crippen LogP contribution in [0.1, 0.15) is 59.3 Å². The van der Waals surface area contributed by atoms with Crippen molar-refractivity contribution in [1.82, 2.24) is 0 Å². The van der Waals surface area contributed by atoms with Crippen LogP contribution in [0.15, 0.2) is 0 Å². The van der Waals surface area contributed by atoms with E-state index in [0.717, 1.165) is 7.35 Å². The second-order valence-corrected chi connectivity index (χ2v) is 16.4. The first-order valence-corrected chi connectivity index (χ1v) is 14.1. The standard InChI is InChI=1S/3C4H9.BO2.Sn/c3*1-3-4-2;2-1-3;/h3*1,3-4H2,2H3;;/q;;;-1;+1. The molecule has 0 aliphatic rings. The first-order valence-electron chi connectivity index (χ1n) is 6.86. The Labute approximate surface area is 106 Å². The van der Waals surface area contributed by atoms with Crippen molar-refractivity contribution in [3.05, 3.63) is 0 Å². The van der Waals surface area contributed by atoms with Gasteiger partial charge in [0.1, 0.15) is 0 Å². The molecule has 94 valence electrons. The molecule has 0 aromatic rings.